The molecule has 1 saturated heterocycles. The van der Waals surface area contributed by atoms with Crippen molar-refractivity contribution in [3.63, 3.8) is 0 Å². The van der Waals surface area contributed by atoms with E-state index in [0.29, 0.717) is 12.1 Å². The quantitative estimate of drug-likeness (QED) is 0.361. The van der Waals surface area contributed by atoms with E-state index in [1.807, 2.05) is 0 Å². The number of benzene rings is 3. The van der Waals surface area contributed by atoms with Crippen molar-refractivity contribution in [2.75, 3.05) is 13.1 Å². The zero-order valence-electron chi connectivity index (χ0n) is 18.4. The molecular weight excluding hydrogens is 482 g/mol. The van der Waals surface area contributed by atoms with E-state index in [0.717, 1.165) is 34.1 Å². The molecule has 1 heterocycles. The van der Waals surface area contributed by atoms with Gasteiger partial charge in [-0.15, -0.1) is 0 Å². The van der Waals surface area contributed by atoms with Gasteiger partial charge in [0.15, 0.2) is 5.78 Å². The molecule has 0 bridgehead atoms. The number of ketones is 1. The van der Waals surface area contributed by atoms with Crippen molar-refractivity contribution in [3.05, 3.63) is 112 Å². The summed E-state index contributed by atoms with van der Waals surface area (Å²) in [6, 6.07) is 11.5. The number of carbonyl (C=O) groups is 1. The topological polar surface area (TPSA) is 54.5 Å². The van der Waals surface area contributed by atoms with Gasteiger partial charge in [-0.2, -0.15) is 4.31 Å². The van der Waals surface area contributed by atoms with Crippen LogP contribution in [-0.4, -0.2) is 31.6 Å². The highest BCUT2D eigenvalue weighted by atomic mass is 32.2. The molecule has 9 heteroatoms. The molecule has 1 fully saturated rings. The number of aryl methyl sites for hydroxylation is 1. The molecule has 0 saturated carbocycles. The van der Waals surface area contributed by atoms with E-state index in [1.54, 1.807) is 19.1 Å². The molecule has 0 radical (unpaired) electrons. The van der Waals surface area contributed by atoms with Gasteiger partial charge >= 0.3 is 0 Å². The van der Waals surface area contributed by atoms with Crippen molar-refractivity contribution in [1.82, 2.24) is 4.31 Å². The normalized spacial score (nSPS) is 17.3. The van der Waals surface area contributed by atoms with Gasteiger partial charge in [0.25, 0.3) is 0 Å². The number of halogens is 4. The summed E-state index contributed by atoms with van der Waals surface area (Å²) in [6.45, 7) is 1.08. The average molecular weight is 502 g/mol. The van der Waals surface area contributed by atoms with Crippen LogP contribution < -0.4 is 0 Å². The highest BCUT2D eigenvalue weighted by Gasteiger charge is 2.34. The van der Waals surface area contributed by atoms with Crippen LogP contribution in [0.1, 0.15) is 16.7 Å². The van der Waals surface area contributed by atoms with Gasteiger partial charge in [0, 0.05) is 36.4 Å². The van der Waals surface area contributed by atoms with Crippen LogP contribution in [0.2, 0.25) is 0 Å². The van der Waals surface area contributed by atoms with Crippen LogP contribution in [0.15, 0.2) is 76.7 Å². The molecule has 0 atom stereocenters. The number of carbonyl (C=O) groups excluding carboxylic acids is 1. The second-order valence-corrected chi connectivity index (χ2v) is 10.1. The maximum absolute atomic E-state index is 13.7. The summed E-state index contributed by atoms with van der Waals surface area (Å²) in [5, 5.41) is 0. The summed E-state index contributed by atoms with van der Waals surface area (Å²) in [5.41, 5.74) is 0.786. The number of piperidine rings is 1. The molecule has 4 rings (SSSR count). The summed E-state index contributed by atoms with van der Waals surface area (Å²) in [4.78, 5) is 13.2. The van der Waals surface area contributed by atoms with Crippen LogP contribution >= 0.6 is 0 Å². The lowest BCUT2D eigenvalue weighted by Gasteiger charge is -2.29. The first-order chi connectivity index (χ1) is 16.5. The lowest BCUT2D eigenvalue weighted by Crippen LogP contribution is -2.41. The van der Waals surface area contributed by atoms with Gasteiger partial charge in [0.2, 0.25) is 10.0 Å². The molecule has 3 aromatic carbocycles. The molecule has 0 aromatic heterocycles. The fourth-order valence-electron chi connectivity index (χ4n) is 3.76. The van der Waals surface area contributed by atoms with Gasteiger partial charge in [0.05, 0.1) is 4.90 Å². The van der Waals surface area contributed by atoms with E-state index in [1.165, 1.54) is 24.3 Å². The molecular formula is C26H19F4NO3S. The molecule has 1 aliphatic rings. The smallest absolute Gasteiger partial charge is 0.243 e. The predicted octanol–water partition coefficient (Wildman–Crippen LogP) is 5.29. The summed E-state index contributed by atoms with van der Waals surface area (Å²) < 4.78 is 82.5. The highest BCUT2D eigenvalue weighted by Crippen LogP contribution is 2.28. The van der Waals surface area contributed by atoms with Crippen molar-refractivity contribution in [1.29, 1.82) is 0 Å². The average Bonchev–Trinajstić information content (AvgIpc) is 2.75. The largest absolute Gasteiger partial charge is 0.289 e. The van der Waals surface area contributed by atoms with Crippen LogP contribution in [0.4, 0.5) is 17.6 Å². The minimum Gasteiger partial charge on any atom is -0.289 e. The Labute approximate surface area is 199 Å². The number of hydrogen-bond donors (Lipinski definition) is 0. The summed E-state index contributed by atoms with van der Waals surface area (Å²) in [5.74, 6) is -4.06. The van der Waals surface area contributed by atoms with Crippen LogP contribution in [-0.2, 0) is 14.8 Å². The maximum atomic E-state index is 13.7. The molecule has 0 spiro atoms. The minimum absolute atomic E-state index is 0.00949. The zero-order valence-corrected chi connectivity index (χ0v) is 19.3. The van der Waals surface area contributed by atoms with Crippen LogP contribution in [0.3, 0.4) is 0 Å². The molecule has 35 heavy (non-hydrogen) atoms. The first-order valence-corrected chi connectivity index (χ1v) is 11.9. The Balaban J connectivity index is 1.82. The first kappa shape index (κ1) is 24.6. The number of Topliss-reactive ketones (excluding diaryl/α,β-unsaturated/α-hetero) is 1. The maximum Gasteiger partial charge on any atom is 0.243 e. The molecule has 0 N–H and O–H groups in total. The predicted molar refractivity (Wildman–Crippen MR) is 124 cm³/mol. The fraction of sp³-hybridized carbons (Fsp3) is 0.115. The SMILES string of the molecule is Cc1ccc(S(=O)(=O)N2C/C(=C\c3cc(F)cc(F)c3)C(=O)/C(=C/c3cc(F)cc(F)c3)C2)cc1. The van der Waals surface area contributed by atoms with Gasteiger partial charge in [-0.3, -0.25) is 4.79 Å². The molecule has 1 aliphatic heterocycles. The summed E-state index contributed by atoms with van der Waals surface area (Å²) >= 11 is 0. The van der Waals surface area contributed by atoms with Gasteiger partial charge in [-0.05, 0) is 66.6 Å². The third kappa shape index (κ3) is 5.58. The Hall–Kier alpha value is -3.56. The Morgan fingerprint density at radius 3 is 1.51 bits per heavy atom. The molecule has 0 aliphatic carbocycles. The second-order valence-electron chi connectivity index (χ2n) is 8.16. The zero-order chi connectivity index (χ0) is 25.3. The van der Waals surface area contributed by atoms with Crippen LogP contribution in [0.25, 0.3) is 12.2 Å². The second kappa shape index (κ2) is 9.59. The lowest BCUT2D eigenvalue weighted by molar-refractivity contribution is -0.113. The third-order valence-electron chi connectivity index (χ3n) is 5.39. The molecule has 180 valence electrons. The van der Waals surface area contributed by atoms with Crippen molar-refractivity contribution in [2.45, 2.75) is 11.8 Å². The Morgan fingerprint density at radius 2 is 1.11 bits per heavy atom. The third-order valence-corrected chi connectivity index (χ3v) is 7.19. The van der Waals surface area contributed by atoms with Crippen LogP contribution in [0.5, 0.6) is 0 Å². The van der Waals surface area contributed by atoms with E-state index >= 15 is 0 Å². The minimum atomic E-state index is -4.08. The van der Waals surface area contributed by atoms with E-state index in [2.05, 4.69) is 0 Å². The first-order valence-electron chi connectivity index (χ1n) is 10.5. The van der Waals surface area contributed by atoms with Crippen molar-refractivity contribution in [3.8, 4) is 0 Å². The Morgan fingerprint density at radius 1 is 0.714 bits per heavy atom. The molecule has 4 nitrogen and oxygen atoms in total. The van der Waals surface area contributed by atoms with Gasteiger partial charge in [-0.25, -0.2) is 26.0 Å². The fourth-order valence-corrected chi connectivity index (χ4v) is 5.15. The number of rotatable bonds is 4. The number of nitrogens with zero attached hydrogens (tertiary/aromatic N) is 1. The van der Waals surface area contributed by atoms with E-state index in [-0.39, 0.29) is 40.3 Å². The van der Waals surface area contributed by atoms with Gasteiger partial charge in [-0.1, -0.05) is 17.7 Å². The highest BCUT2D eigenvalue weighted by molar-refractivity contribution is 7.89. The molecule has 3 aromatic rings. The Kier molecular flexibility index (Phi) is 6.73. The van der Waals surface area contributed by atoms with E-state index in [9.17, 15) is 30.8 Å². The summed E-state index contributed by atoms with van der Waals surface area (Å²) in [7, 11) is -4.08. The Bertz CT molecular complexity index is 1360. The molecule has 0 amide bonds. The van der Waals surface area contributed by atoms with Crippen molar-refractivity contribution < 1.29 is 30.8 Å². The van der Waals surface area contributed by atoms with E-state index < -0.39 is 39.1 Å². The lowest BCUT2D eigenvalue weighted by atomic mass is 9.95. The number of hydrogen-bond acceptors (Lipinski definition) is 3. The molecule has 0 unspecified atom stereocenters. The summed E-state index contributed by atoms with van der Waals surface area (Å²) in [6.07, 6.45) is 2.40. The van der Waals surface area contributed by atoms with Crippen molar-refractivity contribution in [2.24, 2.45) is 0 Å². The van der Waals surface area contributed by atoms with Gasteiger partial charge < -0.3 is 0 Å². The van der Waals surface area contributed by atoms with Gasteiger partial charge in [0.1, 0.15) is 23.3 Å². The van der Waals surface area contributed by atoms with Crippen molar-refractivity contribution >= 4 is 28.0 Å². The number of sulfonamides is 1. The monoisotopic (exact) mass is 501 g/mol. The standard InChI is InChI=1S/C26H19F4NO3S/c1-16-2-4-25(5-3-16)35(33,34)31-14-19(6-17-8-21(27)12-22(28)9-17)26(32)20(15-31)7-18-10-23(29)13-24(30)11-18/h2-13H,14-15H2,1H3/b19-6+,20-7+. The van der Waals surface area contributed by atoms with E-state index in [4.69, 9.17) is 0 Å². The van der Waals surface area contributed by atoms with Crippen LogP contribution in [0, 0.1) is 30.2 Å².